The van der Waals surface area contributed by atoms with E-state index in [9.17, 15) is 102 Å². The molecule has 0 radical (unpaired) electrons. The lowest BCUT2D eigenvalue weighted by atomic mass is 9.72. The summed E-state index contributed by atoms with van der Waals surface area (Å²) < 4.78 is 25.4. The Morgan fingerprint density at radius 3 is 1.11 bits per heavy atom. The van der Waals surface area contributed by atoms with Crippen LogP contribution in [0.25, 0.3) is 0 Å². The van der Waals surface area contributed by atoms with Gasteiger partial charge in [0, 0.05) is 75.7 Å². The van der Waals surface area contributed by atoms with Crippen LogP contribution < -0.4 is 18.9 Å². The maximum atomic E-state index is 13.2. The lowest BCUT2D eigenvalue weighted by Gasteiger charge is -2.43. The third kappa shape index (κ3) is 8.44. The number of aromatic hydroxyl groups is 16. The highest BCUT2D eigenvalue weighted by atomic mass is 16.5. The highest BCUT2D eigenvalue weighted by molar-refractivity contribution is 5.73. The Morgan fingerprint density at radius 1 is 0.286 bits per heavy atom. The van der Waals surface area contributed by atoms with E-state index in [4.69, 9.17) is 18.9 Å². The fraction of sp³-hybridized carbons (Fsp3) is 0.200. The van der Waals surface area contributed by atoms with Crippen molar-refractivity contribution in [3.8, 4) is 115 Å². The van der Waals surface area contributed by atoms with Crippen molar-refractivity contribution in [1.29, 1.82) is 0 Å². The van der Waals surface area contributed by atoms with Crippen molar-refractivity contribution in [2.24, 2.45) is 0 Å². The van der Waals surface area contributed by atoms with Gasteiger partial charge in [-0.1, -0.05) is 24.3 Å². The highest BCUT2D eigenvalue weighted by Crippen LogP contribution is 2.64. The highest BCUT2D eigenvalue weighted by Gasteiger charge is 2.53. The molecule has 8 aromatic carbocycles. The molecule has 20 N–H and O–H groups in total. The van der Waals surface area contributed by atoms with Crippen LogP contribution in [-0.4, -0.2) is 127 Å². The normalized spacial score (nSPS) is 24.0. The van der Waals surface area contributed by atoms with E-state index in [0.29, 0.717) is 0 Å². The van der Waals surface area contributed by atoms with E-state index < -0.39 is 210 Å². The molecule has 0 bridgehead atoms. The zero-order valence-corrected chi connectivity index (χ0v) is 43.0. The lowest BCUT2D eigenvalue weighted by Crippen LogP contribution is -2.39. The number of aliphatic hydroxyl groups excluding tert-OH is 4. The molecule has 0 spiro atoms. The second-order valence-electron chi connectivity index (χ2n) is 21.0. The number of phenols is 16. The molecule has 0 aliphatic carbocycles. The number of aliphatic hydroxyl groups is 4. The molecule has 4 heterocycles. The Morgan fingerprint density at radius 2 is 0.643 bits per heavy atom. The molecule has 0 saturated carbocycles. The first-order valence-electron chi connectivity index (χ1n) is 25.7. The van der Waals surface area contributed by atoms with Gasteiger partial charge in [0.15, 0.2) is 64.3 Å². The van der Waals surface area contributed by atoms with Gasteiger partial charge in [-0.15, -0.1) is 0 Å². The van der Waals surface area contributed by atoms with Crippen molar-refractivity contribution in [1.82, 2.24) is 0 Å². The second kappa shape index (κ2) is 19.7. The van der Waals surface area contributed by atoms with Crippen molar-refractivity contribution < 1.29 is 121 Å². The summed E-state index contributed by atoms with van der Waals surface area (Å²) >= 11 is 0. The Kier molecular flexibility index (Phi) is 12.7. The SMILES string of the molecule is Oc1cc(O)c2c(c1)O[C@H](c1ccc(O)c(O)c1)[C@H](O)[C@H]2c1c(O)cc(O)c2c1O[C@H](c1ccc(O)c(O)c1)[C@H](O)[C@H]2c1c(O)cc2c(c1O)[C@H](c1c(O)cc(O)c3c1O[C@H](c1ccc(O)c(O)c1)[C@@H](O)C3)[C@@H](O)[C@@H](c1ccc(O)c(O)c1)O2. The molecular weight excluding hydrogens is 1100 g/mol. The average Bonchev–Trinajstić information content (AvgIpc) is 1.02. The van der Waals surface area contributed by atoms with E-state index in [1.807, 2.05) is 0 Å². The van der Waals surface area contributed by atoms with E-state index in [2.05, 4.69) is 0 Å². The molecule has 24 nitrogen and oxygen atoms in total. The Labute approximate surface area is 472 Å². The van der Waals surface area contributed by atoms with Gasteiger partial charge >= 0.3 is 0 Å². The summed E-state index contributed by atoms with van der Waals surface area (Å²) in [5.74, 6) is -19.0. The second-order valence-corrected chi connectivity index (χ2v) is 21.0. The molecule has 0 saturated heterocycles. The standard InChI is InChI=1S/C60H50O24/c61-23-13-34(71)42-40(14-23)81-56(20-2-6-26(63)31(68)10-20)52(78)48(42)45-36(73)17-37(74)46-49(53(79)58(84-60(45)46)22-4-8-28(65)33(70)12-22)43-38(75)18-41-47(51(43)77)50(54(80)57(82-41)21-3-7-27(64)32(69)11-21)44-35(72)16-29(66)24-15-39(76)55(83-59(24)44)19-1-5-25(62)30(67)9-19/h1-14,16-18,39,48-50,52-58,61-80H,15H2/t39-,48+,49-,50-,52+,53+,54+,55+,56+,57+,58+/m0/s1. The van der Waals surface area contributed by atoms with Gasteiger partial charge in [0.25, 0.3) is 0 Å². The van der Waals surface area contributed by atoms with Crippen LogP contribution in [0, 0.1) is 0 Å². The van der Waals surface area contributed by atoms with Gasteiger partial charge in [0.05, 0.1) is 23.9 Å². The summed E-state index contributed by atoms with van der Waals surface area (Å²) in [6.45, 7) is 0. The average molecular weight is 1160 g/mol. The first-order valence-corrected chi connectivity index (χ1v) is 25.7. The Hall–Kier alpha value is -10.4. The van der Waals surface area contributed by atoms with Gasteiger partial charge in [0.2, 0.25) is 0 Å². The summed E-state index contributed by atoms with van der Waals surface area (Å²) in [5.41, 5.74) is -3.28. The molecule has 24 heteroatoms. The smallest absolute Gasteiger partial charge is 0.157 e. The number of ether oxygens (including phenoxy) is 4. The quantitative estimate of drug-likeness (QED) is 0.0827. The van der Waals surface area contributed by atoms with Gasteiger partial charge in [0.1, 0.15) is 93.4 Å². The maximum Gasteiger partial charge on any atom is 0.157 e. The predicted molar refractivity (Wildman–Crippen MR) is 285 cm³/mol. The molecule has 11 atom stereocenters. The zero-order chi connectivity index (χ0) is 59.8. The van der Waals surface area contributed by atoms with Gasteiger partial charge in [-0.05, 0) is 70.8 Å². The Bertz CT molecular complexity index is 4030. The molecule has 4 aliphatic heterocycles. The predicted octanol–water partition coefficient (Wildman–Crippen LogP) is 5.89. The van der Waals surface area contributed by atoms with E-state index in [1.165, 1.54) is 24.3 Å². The number of phenolic OH excluding ortho intramolecular Hbond substituents is 16. The number of fused-ring (bicyclic) bond motifs is 4. The molecule has 0 aromatic heterocycles. The molecule has 0 unspecified atom stereocenters. The molecule has 84 heavy (non-hydrogen) atoms. The zero-order valence-electron chi connectivity index (χ0n) is 43.0. The molecular formula is C60H50O24. The summed E-state index contributed by atoms with van der Waals surface area (Å²) in [5, 5.41) is 229. The molecule has 0 fully saturated rings. The van der Waals surface area contributed by atoms with E-state index >= 15 is 0 Å². The van der Waals surface area contributed by atoms with E-state index in [1.54, 1.807) is 0 Å². The summed E-state index contributed by atoms with van der Waals surface area (Å²) in [6, 6.07) is 17.9. The fourth-order valence-corrected chi connectivity index (χ4v) is 12.2. The van der Waals surface area contributed by atoms with E-state index in [-0.39, 0.29) is 39.1 Å². The Balaban J connectivity index is 1.11. The molecule has 12 rings (SSSR count). The summed E-state index contributed by atoms with van der Waals surface area (Å²) in [6.07, 6.45) is -14.6. The minimum atomic E-state index is -2.16. The minimum Gasteiger partial charge on any atom is -0.508 e. The third-order valence-corrected chi connectivity index (χ3v) is 16.0. The molecule has 0 amide bonds. The maximum absolute atomic E-state index is 13.2. The number of rotatable bonds is 7. The fourth-order valence-electron chi connectivity index (χ4n) is 12.2. The topological polar surface area (TPSA) is 442 Å². The lowest BCUT2D eigenvalue weighted by molar-refractivity contribution is -0.00439. The third-order valence-electron chi connectivity index (χ3n) is 16.0. The van der Waals surface area contributed by atoms with Gasteiger partial charge < -0.3 is 121 Å². The minimum absolute atomic E-state index is 0.0000721. The van der Waals surface area contributed by atoms with Crippen molar-refractivity contribution in [2.45, 2.75) is 73.0 Å². The van der Waals surface area contributed by atoms with Crippen LogP contribution >= 0.6 is 0 Å². The number of hydrogen-bond donors (Lipinski definition) is 20. The van der Waals surface area contributed by atoms with Crippen LogP contribution in [0.3, 0.4) is 0 Å². The van der Waals surface area contributed by atoms with Crippen molar-refractivity contribution in [2.75, 3.05) is 0 Å². The van der Waals surface area contributed by atoms with Crippen LogP contribution in [-0.2, 0) is 6.42 Å². The van der Waals surface area contributed by atoms with E-state index in [0.717, 1.165) is 78.9 Å². The first kappa shape index (κ1) is 54.2. The van der Waals surface area contributed by atoms with Gasteiger partial charge in [-0.25, -0.2) is 0 Å². The summed E-state index contributed by atoms with van der Waals surface area (Å²) in [4.78, 5) is 0. The molecule has 434 valence electrons. The van der Waals surface area contributed by atoms with Crippen LogP contribution in [0.5, 0.6) is 115 Å². The van der Waals surface area contributed by atoms with Crippen LogP contribution in [0.4, 0.5) is 0 Å². The largest absolute Gasteiger partial charge is 0.508 e. The van der Waals surface area contributed by atoms with Gasteiger partial charge in [-0.2, -0.15) is 0 Å². The summed E-state index contributed by atoms with van der Waals surface area (Å²) in [7, 11) is 0. The van der Waals surface area contributed by atoms with Crippen LogP contribution in [0.2, 0.25) is 0 Å². The molecule has 8 aromatic rings. The van der Waals surface area contributed by atoms with Crippen molar-refractivity contribution >= 4 is 0 Å². The van der Waals surface area contributed by atoms with Crippen LogP contribution in [0.1, 0.15) is 103 Å². The molecule has 4 aliphatic rings. The van der Waals surface area contributed by atoms with Crippen LogP contribution in [0.15, 0.2) is 103 Å². The van der Waals surface area contributed by atoms with Gasteiger partial charge in [-0.3, -0.25) is 0 Å². The monoisotopic (exact) mass is 1150 g/mol. The van der Waals surface area contributed by atoms with Crippen molar-refractivity contribution in [3.05, 3.63) is 164 Å². The number of benzene rings is 8. The van der Waals surface area contributed by atoms with Crippen molar-refractivity contribution in [3.63, 3.8) is 0 Å². The number of hydrogen-bond acceptors (Lipinski definition) is 24. The first-order chi connectivity index (χ1) is 39.9.